The zero-order chi connectivity index (χ0) is 26.5. The minimum absolute atomic E-state index is 0.0279. The van der Waals surface area contributed by atoms with Crippen molar-refractivity contribution < 1.29 is 9.59 Å². The van der Waals surface area contributed by atoms with Gasteiger partial charge in [-0.2, -0.15) is 0 Å². The van der Waals surface area contributed by atoms with E-state index in [1.165, 1.54) is 17.5 Å². The van der Waals surface area contributed by atoms with Crippen LogP contribution >= 0.6 is 0 Å². The molecule has 38 heavy (non-hydrogen) atoms. The monoisotopic (exact) mass is 510 g/mol. The molecule has 0 aromatic heterocycles. The van der Waals surface area contributed by atoms with Crippen molar-refractivity contribution in [2.24, 2.45) is 34.5 Å². The number of likely N-dealkylation sites (N-methyl/N-ethyl adjacent to an activating group) is 1. The smallest absolute Gasteiger partial charge is 0.246 e. The van der Waals surface area contributed by atoms with Gasteiger partial charge in [0.1, 0.15) is 0 Å². The lowest BCUT2D eigenvalue weighted by molar-refractivity contribution is -0.142. The van der Waals surface area contributed by atoms with Crippen LogP contribution in [0.15, 0.2) is 72.8 Å². The fourth-order valence-electron chi connectivity index (χ4n) is 9.23. The van der Waals surface area contributed by atoms with Crippen molar-refractivity contribution in [2.45, 2.75) is 70.9 Å². The first-order valence-corrected chi connectivity index (χ1v) is 14.7. The average Bonchev–Trinajstić information content (AvgIpc) is 3.29. The van der Waals surface area contributed by atoms with Crippen LogP contribution in [0.4, 0.5) is 0 Å². The van der Waals surface area contributed by atoms with Crippen molar-refractivity contribution in [3.8, 4) is 0 Å². The zero-order valence-corrected chi connectivity index (χ0v) is 23.1. The minimum atomic E-state index is -0.0279. The maximum Gasteiger partial charge on any atom is 0.246 e. The molecule has 3 aliphatic carbocycles. The van der Waals surface area contributed by atoms with Crippen LogP contribution in [0, 0.1) is 34.5 Å². The van der Waals surface area contributed by atoms with E-state index in [9.17, 15) is 9.59 Å². The molecular formula is C34H42N2O2. The molecule has 1 N–H and O–H groups in total. The molecule has 6 rings (SSSR count). The maximum absolute atomic E-state index is 14.0. The summed E-state index contributed by atoms with van der Waals surface area (Å²) in [7, 11) is 1.98. The summed E-state index contributed by atoms with van der Waals surface area (Å²) in [6, 6.07) is 21.2. The van der Waals surface area contributed by atoms with Crippen molar-refractivity contribution >= 4 is 11.8 Å². The van der Waals surface area contributed by atoms with Crippen LogP contribution in [-0.2, 0) is 16.0 Å². The van der Waals surface area contributed by atoms with E-state index in [-0.39, 0.29) is 34.6 Å². The van der Waals surface area contributed by atoms with Gasteiger partial charge in [0, 0.05) is 24.4 Å². The van der Waals surface area contributed by atoms with Gasteiger partial charge in [-0.25, -0.2) is 0 Å². The third-order valence-electron chi connectivity index (χ3n) is 11.2. The highest BCUT2D eigenvalue weighted by molar-refractivity contribution is 5.89. The Hall–Kier alpha value is -2.88. The highest BCUT2D eigenvalue weighted by atomic mass is 16.2. The van der Waals surface area contributed by atoms with Crippen LogP contribution < -0.4 is 5.32 Å². The zero-order valence-electron chi connectivity index (χ0n) is 23.1. The molecule has 1 unspecified atom stereocenters. The van der Waals surface area contributed by atoms with Crippen LogP contribution in [0.3, 0.4) is 0 Å². The second-order valence-electron chi connectivity index (χ2n) is 13.0. The Morgan fingerprint density at radius 3 is 2.39 bits per heavy atom. The molecule has 0 radical (unpaired) electrons. The highest BCUT2D eigenvalue weighted by Gasteiger charge is 2.61. The normalized spacial score (nSPS) is 36.7. The first-order chi connectivity index (χ1) is 18.3. The van der Waals surface area contributed by atoms with E-state index in [1.807, 2.05) is 30.2 Å². The van der Waals surface area contributed by atoms with Gasteiger partial charge in [0.15, 0.2) is 0 Å². The maximum atomic E-state index is 14.0. The van der Waals surface area contributed by atoms with Crippen molar-refractivity contribution in [2.75, 3.05) is 7.05 Å². The molecule has 8 atom stereocenters. The predicted octanol–water partition coefficient (Wildman–Crippen LogP) is 6.34. The van der Waals surface area contributed by atoms with Crippen molar-refractivity contribution in [1.82, 2.24) is 10.2 Å². The average molecular weight is 511 g/mol. The third-order valence-corrected chi connectivity index (χ3v) is 11.2. The van der Waals surface area contributed by atoms with Gasteiger partial charge in [-0.1, -0.05) is 80.6 Å². The first-order valence-electron chi connectivity index (χ1n) is 14.7. The summed E-state index contributed by atoms with van der Waals surface area (Å²) < 4.78 is 0. The van der Waals surface area contributed by atoms with E-state index in [0.29, 0.717) is 23.8 Å². The summed E-state index contributed by atoms with van der Waals surface area (Å²) in [4.78, 5) is 28.4. The van der Waals surface area contributed by atoms with Gasteiger partial charge in [-0.05, 0) is 85.3 Å². The van der Waals surface area contributed by atoms with Gasteiger partial charge in [-0.3, -0.25) is 9.59 Å². The summed E-state index contributed by atoms with van der Waals surface area (Å²) in [6.45, 7) is 4.81. The Labute approximate surface area is 227 Å². The lowest BCUT2D eigenvalue weighted by Gasteiger charge is -2.60. The number of nitrogens with one attached hydrogen (secondary N) is 1. The quantitative estimate of drug-likeness (QED) is 0.510. The molecule has 2 aromatic rings. The summed E-state index contributed by atoms with van der Waals surface area (Å²) in [5.41, 5.74) is 2.50. The molecule has 3 saturated carbocycles. The molecule has 1 aliphatic heterocycles. The minimum Gasteiger partial charge on any atom is -0.349 e. The lowest BCUT2D eigenvalue weighted by Crippen LogP contribution is -2.60. The number of hydrogen-bond donors (Lipinski definition) is 1. The summed E-state index contributed by atoms with van der Waals surface area (Å²) in [6.07, 6.45) is 11.5. The van der Waals surface area contributed by atoms with E-state index < -0.39 is 0 Å². The van der Waals surface area contributed by atoms with Crippen molar-refractivity contribution in [3.63, 3.8) is 0 Å². The van der Waals surface area contributed by atoms with Gasteiger partial charge in [0.25, 0.3) is 0 Å². The Morgan fingerprint density at radius 2 is 1.66 bits per heavy atom. The highest BCUT2D eigenvalue weighted by Crippen LogP contribution is 2.65. The van der Waals surface area contributed by atoms with E-state index in [0.717, 1.165) is 38.5 Å². The fourth-order valence-corrected chi connectivity index (χ4v) is 9.23. The number of amides is 2. The lowest BCUT2D eigenvalue weighted by atomic mass is 9.47. The van der Waals surface area contributed by atoms with Gasteiger partial charge < -0.3 is 10.2 Å². The molecule has 0 saturated heterocycles. The van der Waals surface area contributed by atoms with E-state index >= 15 is 0 Å². The molecule has 1 heterocycles. The van der Waals surface area contributed by atoms with Gasteiger partial charge in [0.05, 0.1) is 6.04 Å². The number of hydrogen-bond acceptors (Lipinski definition) is 2. The first kappa shape index (κ1) is 25.4. The molecule has 0 bridgehead atoms. The third kappa shape index (κ3) is 4.12. The van der Waals surface area contributed by atoms with E-state index in [4.69, 9.17) is 0 Å². The van der Waals surface area contributed by atoms with Crippen LogP contribution in [0.2, 0.25) is 0 Å². The van der Waals surface area contributed by atoms with Crippen molar-refractivity contribution in [1.29, 1.82) is 0 Å². The Balaban J connectivity index is 1.22. The van der Waals surface area contributed by atoms with E-state index in [2.05, 4.69) is 73.8 Å². The SMILES string of the molecule is CN1C(=O)C=C[C@]2(C)[C@H]3CC[C@]4(C)[C@@H](C(=O)NC(Cc5ccccc5)c5ccccc5)CC[C@H]4[C@@H]3CC[C@@H]12. The van der Waals surface area contributed by atoms with Crippen LogP contribution in [0.1, 0.15) is 69.5 Å². The van der Waals surface area contributed by atoms with Gasteiger partial charge >= 0.3 is 0 Å². The number of benzene rings is 2. The molecule has 2 aromatic carbocycles. The van der Waals surface area contributed by atoms with Crippen LogP contribution in [-0.4, -0.2) is 29.8 Å². The summed E-state index contributed by atoms with van der Waals surface area (Å²) in [5, 5.41) is 3.52. The number of carbonyl (C=O) groups excluding carboxylic acids is 2. The van der Waals surface area contributed by atoms with Crippen molar-refractivity contribution in [3.05, 3.63) is 83.9 Å². The fraction of sp³-hybridized carbons (Fsp3) is 0.529. The topological polar surface area (TPSA) is 49.4 Å². The summed E-state index contributed by atoms with van der Waals surface area (Å²) in [5.74, 6) is 2.24. The largest absolute Gasteiger partial charge is 0.349 e. The number of carbonyl (C=O) groups is 2. The van der Waals surface area contributed by atoms with Gasteiger partial charge in [-0.15, -0.1) is 0 Å². The molecule has 4 aliphatic rings. The standard InChI is InChI=1S/C34H42N2O2/c1-33-20-18-27-25(14-17-30-34(27,2)21-19-31(37)36(30)3)26(33)15-16-28(33)32(38)35-29(24-12-8-5-9-13-24)22-23-10-6-4-7-11-23/h4-13,19,21,25-30H,14-18,20,22H2,1-3H3,(H,35,38)/t25-,26-,27-,28+,29?,30+,33-,34+/m0/s1. The molecule has 2 amide bonds. The Bertz CT molecular complexity index is 1210. The molecule has 4 heteroatoms. The number of rotatable bonds is 5. The molecule has 3 fully saturated rings. The van der Waals surface area contributed by atoms with E-state index in [1.54, 1.807) is 0 Å². The number of nitrogens with zero attached hydrogens (tertiary/aromatic N) is 1. The van der Waals surface area contributed by atoms with Crippen LogP contribution in [0.5, 0.6) is 0 Å². The second kappa shape index (κ2) is 9.70. The Kier molecular flexibility index (Phi) is 6.48. The molecular weight excluding hydrogens is 468 g/mol. The summed E-state index contributed by atoms with van der Waals surface area (Å²) >= 11 is 0. The second-order valence-corrected chi connectivity index (χ2v) is 13.0. The molecule has 0 spiro atoms. The Morgan fingerprint density at radius 1 is 0.947 bits per heavy atom. The van der Waals surface area contributed by atoms with Crippen LogP contribution in [0.25, 0.3) is 0 Å². The van der Waals surface area contributed by atoms with Gasteiger partial charge in [0.2, 0.25) is 11.8 Å². The molecule has 4 nitrogen and oxygen atoms in total. The number of fused-ring (bicyclic) bond motifs is 5. The molecule has 200 valence electrons. The predicted molar refractivity (Wildman–Crippen MR) is 151 cm³/mol.